The van der Waals surface area contributed by atoms with Gasteiger partial charge in [-0.15, -0.1) is 0 Å². The molecule has 4 nitrogen and oxygen atoms in total. The van der Waals surface area contributed by atoms with Gasteiger partial charge >= 0.3 is 0 Å². The second kappa shape index (κ2) is 7.15. The molecule has 5 rings (SSSR count). The lowest BCUT2D eigenvalue weighted by atomic mass is 10.2. The molecular weight excluding hydrogens is 384 g/mol. The molecule has 0 aliphatic heterocycles. The molecule has 3 aromatic carbocycles. The second-order valence-corrected chi connectivity index (χ2v) is 7.18. The van der Waals surface area contributed by atoms with Crippen molar-refractivity contribution in [2.45, 2.75) is 6.54 Å². The van der Waals surface area contributed by atoms with E-state index in [1.807, 2.05) is 30.5 Å². The molecule has 0 saturated carbocycles. The average Bonchev–Trinajstić information content (AvgIpc) is 3.32. The summed E-state index contributed by atoms with van der Waals surface area (Å²) in [4.78, 5) is 16.2. The fourth-order valence-corrected chi connectivity index (χ4v) is 3.74. The maximum absolute atomic E-state index is 13.8. The van der Waals surface area contributed by atoms with Crippen LogP contribution in [-0.2, 0) is 6.54 Å². The number of carbonyl (C=O) groups is 1. The van der Waals surface area contributed by atoms with Gasteiger partial charge in [0, 0.05) is 40.2 Å². The van der Waals surface area contributed by atoms with Gasteiger partial charge in [0.15, 0.2) is 0 Å². The SMILES string of the molecule is O=C(Nc1ccc2[nH]ccc2c1)c1cc2cc(F)ccc2n1Cc1cccc(F)c1. The molecule has 6 heteroatoms. The van der Waals surface area contributed by atoms with Crippen LogP contribution in [0, 0.1) is 11.6 Å². The molecule has 2 N–H and O–H groups in total. The summed E-state index contributed by atoms with van der Waals surface area (Å²) in [7, 11) is 0. The van der Waals surface area contributed by atoms with Gasteiger partial charge in [-0.1, -0.05) is 12.1 Å². The van der Waals surface area contributed by atoms with Crippen LogP contribution in [0.25, 0.3) is 21.8 Å². The number of rotatable bonds is 4. The van der Waals surface area contributed by atoms with Crippen LogP contribution < -0.4 is 5.32 Å². The largest absolute Gasteiger partial charge is 0.361 e. The Kier molecular flexibility index (Phi) is 4.32. The van der Waals surface area contributed by atoms with Gasteiger partial charge in [0.2, 0.25) is 0 Å². The zero-order valence-corrected chi connectivity index (χ0v) is 15.8. The Morgan fingerprint density at radius 3 is 2.63 bits per heavy atom. The van der Waals surface area contributed by atoms with Crippen molar-refractivity contribution in [2.24, 2.45) is 0 Å². The second-order valence-electron chi connectivity index (χ2n) is 7.18. The number of hydrogen-bond acceptors (Lipinski definition) is 1. The standard InChI is InChI=1S/C24H17F2N3O/c25-18-3-1-2-15(10-18)14-29-22-7-4-19(26)11-17(22)13-23(29)24(30)28-20-5-6-21-16(12-20)8-9-27-21/h1-13,27H,14H2,(H,28,30). The number of carbonyl (C=O) groups excluding carboxylic acids is 1. The molecule has 0 aliphatic carbocycles. The highest BCUT2D eigenvalue weighted by molar-refractivity contribution is 6.07. The first-order valence-electron chi connectivity index (χ1n) is 9.48. The van der Waals surface area contributed by atoms with E-state index < -0.39 is 0 Å². The number of halogens is 2. The molecule has 0 spiro atoms. The van der Waals surface area contributed by atoms with Crippen LogP contribution in [0.3, 0.4) is 0 Å². The predicted octanol–water partition coefficient (Wildman–Crippen LogP) is 5.70. The smallest absolute Gasteiger partial charge is 0.272 e. The first-order valence-corrected chi connectivity index (χ1v) is 9.48. The number of aromatic nitrogens is 2. The van der Waals surface area contributed by atoms with Gasteiger partial charge in [-0.2, -0.15) is 0 Å². The van der Waals surface area contributed by atoms with Crippen molar-refractivity contribution < 1.29 is 13.6 Å². The molecule has 0 radical (unpaired) electrons. The van der Waals surface area contributed by atoms with Crippen LogP contribution in [0.4, 0.5) is 14.5 Å². The van der Waals surface area contributed by atoms with Crippen molar-refractivity contribution >= 4 is 33.4 Å². The highest BCUT2D eigenvalue weighted by Crippen LogP contribution is 2.25. The summed E-state index contributed by atoms with van der Waals surface area (Å²) >= 11 is 0. The van der Waals surface area contributed by atoms with E-state index in [0.29, 0.717) is 27.8 Å². The molecule has 0 bridgehead atoms. The lowest BCUT2D eigenvalue weighted by Gasteiger charge is -2.12. The third kappa shape index (κ3) is 3.33. The van der Waals surface area contributed by atoms with Gasteiger partial charge in [0.05, 0.1) is 0 Å². The maximum Gasteiger partial charge on any atom is 0.272 e. The monoisotopic (exact) mass is 401 g/mol. The average molecular weight is 401 g/mol. The summed E-state index contributed by atoms with van der Waals surface area (Å²) in [6, 6.07) is 19.8. The van der Waals surface area contributed by atoms with Crippen LogP contribution in [0.1, 0.15) is 16.1 Å². The first kappa shape index (κ1) is 18.1. The zero-order chi connectivity index (χ0) is 20.7. The Morgan fingerprint density at radius 1 is 0.900 bits per heavy atom. The van der Waals surface area contributed by atoms with Gasteiger partial charge in [0.1, 0.15) is 17.3 Å². The maximum atomic E-state index is 13.8. The number of aromatic amines is 1. The van der Waals surface area contributed by atoms with Crippen LogP contribution in [0.15, 0.2) is 79.0 Å². The van der Waals surface area contributed by atoms with E-state index in [1.165, 1.54) is 24.3 Å². The summed E-state index contributed by atoms with van der Waals surface area (Å²) in [5.74, 6) is -1.05. The number of fused-ring (bicyclic) bond motifs is 2. The van der Waals surface area contributed by atoms with Crippen molar-refractivity contribution in [2.75, 3.05) is 5.32 Å². The summed E-state index contributed by atoms with van der Waals surface area (Å²) in [5, 5.41) is 4.50. The number of nitrogens with one attached hydrogen (secondary N) is 2. The van der Waals surface area contributed by atoms with E-state index in [2.05, 4.69) is 10.3 Å². The summed E-state index contributed by atoms with van der Waals surface area (Å²) in [5.41, 5.74) is 3.41. The van der Waals surface area contributed by atoms with E-state index in [9.17, 15) is 13.6 Å². The summed E-state index contributed by atoms with van der Waals surface area (Å²) in [6.07, 6.45) is 1.83. The quantitative estimate of drug-likeness (QED) is 0.399. The van der Waals surface area contributed by atoms with Gasteiger partial charge in [-0.05, 0) is 66.2 Å². The normalized spacial score (nSPS) is 11.3. The molecule has 2 heterocycles. The molecule has 0 fully saturated rings. The molecule has 1 amide bonds. The molecule has 2 aromatic heterocycles. The molecule has 0 saturated heterocycles. The minimum atomic E-state index is -0.379. The van der Waals surface area contributed by atoms with Crippen LogP contribution in [-0.4, -0.2) is 15.5 Å². The van der Waals surface area contributed by atoms with Gasteiger partial charge in [-0.25, -0.2) is 8.78 Å². The highest BCUT2D eigenvalue weighted by Gasteiger charge is 2.17. The van der Waals surface area contributed by atoms with Crippen molar-refractivity contribution in [3.63, 3.8) is 0 Å². The molecule has 0 unspecified atom stereocenters. The third-order valence-electron chi connectivity index (χ3n) is 5.14. The Labute approximate surface area is 170 Å². The van der Waals surface area contributed by atoms with Crippen molar-refractivity contribution in [3.8, 4) is 0 Å². The van der Waals surface area contributed by atoms with Gasteiger partial charge in [0.25, 0.3) is 5.91 Å². The van der Waals surface area contributed by atoms with Crippen molar-refractivity contribution in [3.05, 3.63) is 102 Å². The zero-order valence-electron chi connectivity index (χ0n) is 15.8. The number of nitrogens with zero attached hydrogens (tertiary/aromatic N) is 1. The number of anilines is 1. The number of amides is 1. The molecule has 0 aliphatic rings. The lowest BCUT2D eigenvalue weighted by Crippen LogP contribution is -2.17. The predicted molar refractivity (Wildman–Crippen MR) is 114 cm³/mol. The number of hydrogen-bond donors (Lipinski definition) is 2. The minimum absolute atomic E-state index is 0.284. The Balaban J connectivity index is 1.55. The van der Waals surface area contributed by atoms with Crippen molar-refractivity contribution in [1.82, 2.24) is 9.55 Å². The van der Waals surface area contributed by atoms with Gasteiger partial charge in [-0.3, -0.25) is 4.79 Å². The highest BCUT2D eigenvalue weighted by atomic mass is 19.1. The Hall–Kier alpha value is -3.93. The topological polar surface area (TPSA) is 49.8 Å². The van der Waals surface area contributed by atoms with Crippen LogP contribution in [0.5, 0.6) is 0 Å². The van der Waals surface area contributed by atoms with Crippen LogP contribution in [0.2, 0.25) is 0 Å². The fourth-order valence-electron chi connectivity index (χ4n) is 3.74. The van der Waals surface area contributed by atoms with E-state index >= 15 is 0 Å². The van der Waals surface area contributed by atoms with E-state index in [1.54, 1.807) is 28.8 Å². The van der Waals surface area contributed by atoms with Crippen LogP contribution >= 0.6 is 0 Å². The van der Waals surface area contributed by atoms with E-state index in [4.69, 9.17) is 0 Å². The van der Waals surface area contributed by atoms with E-state index in [0.717, 1.165) is 10.9 Å². The summed E-state index contributed by atoms with van der Waals surface area (Å²) < 4.78 is 29.2. The molecular formula is C24H17F2N3O. The summed E-state index contributed by atoms with van der Waals surface area (Å²) in [6.45, 7) is 0.284. The number of benzene rings is 3. The molecule has 30 heavy (non-hydrogen) atoms. The fraction of sp³-hybridized carbons (Fsp3) is 0.0417. The third-order valence-corrected chi connectivity index (χ3v) is 5.14. The minimum Gasteiger partial charge on any atom is -0.361 e. The van der Waals surface area contributed by atoms with E-state index in [-0.39, 0.29) is 24.1 Å². The van der Waals surface area contributed by atoms with Crippen molar-refractivity contribution in [1.29, 1.82) is 0 Å². The molecule has 148 valence electrons. The first-order chi connectivity index (χ1) is 14.6. The number of H-pyrrole nitrogens is 1. The van der Waals surface area contributed by atoms with Gasteiger partial charge < -0.3 is 14.9 Å². The lowest BCUT2D eigenvalue weighted by molar-refractivity contribution is 0.101. The molecule has 5 aromatic rings. The Morgan fingerprint density at radius 2 is 1.77 bits per heavy atom. The Bertz CT molecular complexity index is 1400. The molecule has 0 atom stereocenters.